The van der Waals surface area contributed by atoms with Gasteiger partial charge in [-0.1, -0.05) is 0 Å². The predicted octanol–water partition coefficient (Wildman–Crippen LogP) is -0.439. The van der Waals surface area contributed by atoms with Crippen LogP contribution in [0.25, 0.3) is 0 Å². The van der Waals surface area contributed by atoms with E-state index >= 15 is 0 Å². The largest absolute Gasteiger partial charge is 0.330 e. The summed E-state index contributed by atoms with van der Waals surface area (Å²) in [6.07, 6.45) is 6.12. The second kappa shape index (κ2) is 4.22. The molecule has 0 unspecified atom stereocenters. The minimum atomic E-state index is 0.626. The van der Waals surface area contributed by atoms with Crippen LogP contribution in [0, 0.1) is 0 Å². The third-order valence-electron chi connectivity index (χ3n) is 2.16. The van der Waals surface area contributed by atoms with Crippen LogP contribution in [0.3, 0.4) is 0 Å². The molecule has 2 aromatic rings. The fourth-order valence-corrected chi connectivity index (χ4v) is 1.46. The smallest absolute Gasteiger partial charge is 0.170 e. The minimum Gasteiger partial charge on any atom is -0.330 e. The average Bonchev–Trinajstić information content (AvgIpc) is 2.78. The zero-order valence-corrected chi connectivity index (χ0v) is 8.67. The normalized spacial score (nSPS) is 10.8. The molecule has 0 aliphatic rings. The molecule has 0 fully saturated rings. The maximum absolute atomic E-state index is 5.51. The Labute approximate surface area is 87.8 Å². The molecule has 2 aromatic heterocycles. The van der Waals surface area contributed by atoms with Gasteiger partial charge < -0.3 is 10.3 Å². The standard InChI is InChI=1S/C9H14N6/c1-14-7-12-9(13-14)5-15-6-11-4-8(15)2-3-10/h4,6-7H,2-3,5,10H2,1H3. The number of nitrogens with zero attached hydrogens (tertiary/aromatic N) is 5. The number of hydrogen-bond donors (Lipinski definition) is 1. The fraction of sp³-hybridized carbons (Fsp3) is 0.444. The van der Waals surface area contributed by atoms with E-state index in [0.717, 1.165) is 17.9 Å². The Morgan fingerprint density at radius 1 is 1.40 bits per heavy atom. The number of hydrogen-bond acceptors (Lipinski definition) is 4. The lowest BCUT2D eigenvalue weighted by Gasteiger charge is -2.03. The van der Waals surface area contributed by atoms with Crippen LogP contribution in [0.2, 0.25) is 0 Å². The molecule has 2 rings (SSSR count). The van der Waals surface area contributed by atoms with Gasteiger partial charge in [-0.2, -0.15) is 5.10 Å². The van der Waals surface area contributed by atoms with E-state index in [4.69, 9.17) is 5.73 Å². The third kappa shape index (κ3) is 2.21. The summed E-state index contributed by atoms with van der Waals surface area (Å²) in [4.78, 5) is 8.25. The van der Waals surface area contributed by atoms with Crippen molar-refractivity contribution in [2.24, 2.45) is 12.8 Å². The fourth-order valence-electron chi connectivity index (χ4n) is 1.46. The van der Waals surface area contributed by atoms with Crippen LogP contribution < -0.4 is 5.73 Å². The van der Waals surface area contributed by atoms with E-state index in [2.05, 4.69) is 15.1 Å². The molecular weight excluding hydrogens is 192 g/mol. The first-order chi connectivity index (χ1) is 7.29. The molecular formula is C9H14N6. The number of aryl methyl sites for hydroxylation is 1. The molecule has 6 heteroatoms. The molecule has 0 amide bonds. The van der Waals surface area contributed by atoms with Gasteiger partial charge in [0.1, 0.15) is 6.33 Å². The summed E-state index contributed by atoms with van der Waals surface area (Å²) in [6, 6.07) is 0. The summed E-state index contributed by atoms with van der Waals surface area (Å²) < 4.78 is 3.71. The Kier molecular flexibility index (Phi) is 2.77. The lowest BCUT2D eigenvalue weighted by molar-refractivity contribution is 0.677. The summed E-state index contributed by atoms with van der Waals surface area (Å²) in [5.74, 6) is 0.786. The first-order valence-corrected chi connectivity index (χ1v) is 4.83. The van der Waals surface area contributed by atoms with E-state index in [0.29, 0.717) is 13.1 Å². The highest BCUT2D eigenvalue weighted by atomic mass is 15.3. The Bertz CT molecular complexity index is 429. The summed E-state index contributed by atoms with van der Waals surface area (Å²) in [5, 5.41) is 4.21. The average molecular weight is 206 g/mol. The molecule has 0 aliphatic carbocycles. The summed E-state index contributed by atoms with van der Waals surface area (Å²) in [6.45, 7) is 1.28. The summed E-state index contributed by atoms with van der Waals surface area (Å²) in [5.41, 5.74) is 6.63. The highest BCUT2D eigenvalue weighted by Crippen LogP contribution is 2.02. The second-order valence-electron chi connectivity index (χ2n) is 3.39. The Balaban J connectivity index is 2.13. The van der Waals surface area contributed by atoms with Crippen LogP contribution in [-0.4, -0.2) is 30.9 Å². The van der Waals surface area contributed by atoms with Gasteiger partial charge in [0, 0.05) is 25.4 Å². The molecule has 6 nitrogen and oxygen atoms in total. The molecule has 80 valence electrons. The number of nitrogens with two attached hydrogens (primary N) is 1. The van der Waals surface area contributed by atoms with Gasteiger partial charge in [-0.25, -0.2) is 9.97 Å². The lowest BCUT2D eigenvalue weighted by atomic mass is 10.3. The maximum Gasteiger partial charge on any atom is 0.170 e. The quantitative estimate of drug-likeness (QED) is 0.736. The van der Waals surface area contributed by atoms with E-state index in [1.165, 1.54) is 0 Å². The monoisotopic (exact) mass is 206 g/mol. The predicted molar refractivity (Wildman–Crippen MR) is 55.1 cm³/mol. The number of imidazole rings is 1. The second-order valence-corrected chi connectivity index (χ2v) is 3.39. The molecule has 0 saturated carbocycles. The Morgan fingerprint density at radius 2 is 2.27 bits per heavy atom. The van der Waals surface area contributed by atoms with Crippen molar-refractivity contribution < 1.29 is 0 Å². The molecule has 0 radical (unpaired) electrons. The Morgan fingerprint density at radius 3 is 2.93 bits per heavy atom. The van der Waals surface area contributed by atoms with Gasteiger partial charge in [0.25, 0.3) is 0 Å². The van der Waals surface area contributed by atoms with Crippen LogP contribution in [0.4, 0.5) is 0 Å². The maximum atomic E-state index is 5.51. The zero-order valence-electron chi connectivity index (χ0n) is 8.67. The highest BCUT2D eigenvalue weighted by molar-refractivity contribution is 5.01. The van der Waals surface area contributed by atoms with Crippen molar-refractivity contribution in [2.45, 2.75) is 13.0 Å². The van der Waals surface area contributed by atoms with E-state index < -0.39 is 0 Å². The number of rotatable bonds is 4. The van der Waals surface area contributed by atoms with Crippen molar-refractivity contribution in [3.05, 3.63) is 30.4 Å². The van der Waals surface area contributed by atoms with E-state index in [1.54, 1.807) is 17.3 Å². The van der Waals surface area contributed by atoms with Crippen LogP contribution in [0.15, 0.2) is 18.9 Å². The third-order valence-corrected chi connectivity index (χ3v) is 2.16. The van der Waals surface area contributed by atoms with Crippen molar-refractivity contribution >= 4 is 0 Å². The highest BCUT2D eigenvalue weighted by Gasteiger charge is 2.04. The van der Waals surface area contributed by atoms with E-state index in [9.17, 15) is 0 Å². The van der Waals surface area contributed by atoms with Gasteiger partial charge >= 0.3 is 0 Å². The molecule has 2 heterocycles. The first-order valence-electron chi connectivity index (χ1n) is 4.83. The number of aromatic nitrogens is 5. The molecule has 0 bridgehead atoms. The first kappa shape index (κ1) is 9.85. The van der Waals surface area contributed by atoms with Gasteiger partial charge in [0.2, 0.25) is 0 Å². The van der Waals surface area contributed by atoms with Crippen LogP contribution >= 0.6 is 0 Å². The van der Waals surface area contributed by atoms with Crippen LogP contribution in [-0.2, 0) is 20.0 Å². The van der Waals surface area contributed by atoms with Crippen molar-refractivity contribution in [3.8, 4) is 0 Å². The van der Waals surface area contributed by atoms with Crippen molar-refractivity contribution in [1.82, 2.24) is 24.3 Å². The Hall–Kier alpha value is -1.69. The zero-order chi connectivity index (χ0) is 10.7. The molecule has 0 spiro atoms. The summed E-state index contributed by atoms with van der Waals surface area (Å²) >= 11 is 0. The van der Waals surface area contributed by atoms with E-state index in [-0.39, 0.29) is 0 Å². The van der Waals surface area contributed by atoms with Gasteiger partial charge in [-0.15, -0.1) is 0 Å². The van der Waals surface area contributed by atoms with Gasteiger partial charge in [-0.3, -0.25) is 4.68 Å². The van der Waals surface area contributed by atoms with Crippen molar-refractivity contribution in [3.63, 3.8) is 0 Å². The van der Waals surface area contributed by atoms with Crippen molar-refractivity contribution in [2.75, 3.05) is 6.54 Å². The topological polar surface area (TPSA) is 74.5 Å². The van der Waals surface area contributed by atoms with Gasteiger partial charge in [0.05, 0.1) is 12.9 Å². The molecule has 0 atom stereocenters. The van der Waals surface area contributed by atoms with Gasteiger partial charge in [0.15, 0.2) is 5.82 Å². The SMILES string of the molecule is Cn1cnc(Cn2cncc2CCN)n1. The van der Waals surface area contributed by atoms with Gasteiger partial charge in [-0.05, 0) is 6.54 Å². The molecule has 15 heavy (non-hydrogen) atoms. The van der Waals surface area contributed by atoms with E-state index in [1.807, 2.05) is 17.8 Å². The summed E-state index contributed by atoms with van der Waals surface area (Å²) in [7, 11) is 1.85. The van der Waals surface area contributed by atoms with Crippen LogP contribution in [0.1, 0.15) is 11.5 Å². The van der Waals surface area contributed by atoms with Crippen LogP contribution in [0.5, 0.6) is 0 Å². The minimum absolute atomic E-state index is 0.626. The molecule has 2 N–H and O–H groups in total. The molecule has 0 saturated heterocycles. The van der Waals surface area contributed by atoms with Crippen molar-refractivity contribution in [1.29, 1.82) is 0 Å². The molecule has 0 aromatic carbocycles. The molecule has 0 aliphatic heterocycles. The lowest BCUT2D eigenvalue weighted by Crippen LogP contribution is -2.10.